The number of halogens is 2. The average Bonchev–Trinajstić information content (AvgIpc) is 3.35. The number of carbonyl (C=O) groups excluding carboxylic acids is 1. The van der Waals surface area contributed by atoms with Gasteiger partial charge in [0.05, 0.1) is 6.61 Å². The van der Waals surface area contributed by atoms with Gasteiger partial charge >= 0.3 is 0 Å². The lowest BCUT2D eigenvalue weighted by Gasteiger charge is -2.23. The number of aromatic amines is 1. The highest BCUT2D eigenvalue weighted by molar-refractivity contribution is 6.31. The zero-order valence-electron chi connectivity index (χ0n) is 25.0. The number of fused-ring (bicyclic) bond motifs is 1. The summed E-state index contributed by atoms with van der Waals surface area (Å²) in [5.41, 5.74) is 4.54. The number of hydrogen-bond acceptors (Lipinski definition) is 5. The summed E-state index contributed by atoms with van der Waals surface area (Å²) >= 11 is 6.37. The Hall–Kier alpha value is -3.43. The van der Waals surface area contributed by atoms with Crippen LogP contribution in [0.15, 0.2) is 66.7 Å². The first-order valence-electron chi connectivity index (χ1n) is 14.8. The van der Waals surface area contributed by atoms with Gasteiger partial charge in [0.2, 0.25) is 5.91 Å². The quantitative estimate of drug-likeness (QED) is 0.130. The highest BCUT2D eigenvalue weighted by atomic mass is 35.5. The standard InChI is InChI=1S/C34H41ClFN3O4/c1-4-6-29-31-19-24(35)9-16-32(31)38-34(29)30(20-33(41)37-26-12-10-25(36)11-13-26)23-7-14-28(15-8-23)43-22-27(40)21-39(5-2)17-18-42-3/h7-16,19,27,30,38,40H,4-6,17-18,20-22H2,1-3H3,(H,37,41). The second-order valence-corrected chi connectivity index (χ2v) is 11.1. The Balaban J connectivity index is 1.56. The molecule has 4 rings (SSSR count). The van der Waals surface area contributed by atoms with Crippen LogP contribution in [0.5, 0.6) is 5.75 Å². The van der Waals surface area contributed by atoms with Gasteiger partial charge in [-0.2, -0.15) is 0 Å². The minimum Gasteiger partial charge on any atom is -0.491 e. The predicted octanol–water partition coefficient (Wildman–Crippen LogP) is 6.78. The normalized spacial score (nSPS) is 12.9. The summed E-state index contributed by atoms with van der Waals surface area (Å²) in [4.78, 5) is 19.0. The first-order valence-corrected chi connectivity index (χ1v) is 15.2. The maximum atomic E-state index is 13.4. The number of H-pyrrole nitrogens is 1. The number of rotatable bonds is 16. The highest BCUT2D eigenvalue weighted by Crippen LogP contribution is 2.37. The molecule has 0 saturated carbocycles. The van der Waals surface area contributed by atoms with E-state index in [1.807, 2.05) is 49.4 Å². The fourth-order valence-corrected chi connectivity index (χ4v) is 5.49. The fraction of sp³-hybridized carbons (Fsp3) is 0.382. The number of likely N-dealkylation sites (N-methyl/N-ethyl adjacent to an activating group) is 1. The summed E-state index contributed by atoms with van der Waals surface area (Å²) < 4.78 is 24.5. The number of benzene rings is 3. The van der Waals surface area contributed by atoms with E-state index in [9.17, 15) is 14.3 Å². The number of aromatic nitrogens is 1. The van der Waals surface area contributed by atoms with Crippen LogP contribution in [0.2, 0.25) is 5.02 Å². The molecule has 2 atom stereocenters. The van der Waals surface area contributed by atoms with Crippen molar-refractivity contribution < 1.29 is 23.8 Å². The number of carbonyl (C=O) groups is 1. The van der Waals surface area contributed by atoms with Crippen LogP contribution in [0.3, 0.4) is 0 Å². The van der Waals surface area contributed by atoms with E-state index in [4.69, 9.17) is 21.1 Å². The lowest BCUT2D eigenvalue weighted by molar-refractivity contribution is -0.116. The molecule has 1 amide bonds. The molecule has 43 heavy (non-hydrogen) atoms. The number of aliphatic hydroxyl groups is 1. The van der Waals surface area contributed by atoms with Crippen molar-refractivity contribution in [3.8, 4) is 5.75 Å². The molecule has 0 aliphatic heterocycles. The topological polar surface area (TPSA) is 86.8 Å². The molecular formula is C34H41ClFN3O4. The molecule has 4 aromatic rings. The molecule has 9 heteroatoms. The number of aryl methyl sites for hydroxylation is 1. The zero-order chi connectivity index (χ0) is 30.8. The molecule has 1 heterocycles. The predicted molar refractivity (Wildman–Crippen MR) is 171 cm³/mol. The second kappa shape index (κ2) is 15.9. The Labute approximate surface area is 258 Å². The number of methoxy groups -OCH3 is 1. The lowest BCUT2D eigenvalue weighted by Crippen LogP contribution is -2.37. The number of nitrogens with zero attached hydrogens (tertiary/aromatic N) is 1. The van der Waals surface area contributed by atoms with Crippen molar-refractivity contribution in [1.29, 1.82) is 0 Å². The van der Waals surface area contributed by atoms with Gasteiger partial charge in [-0.3, -0.25) is 9.69 Å². The molecule has 3 aromatic carbocycles. The molecule has 0 spiro atoms. The Bertz CT molecular complexity index is 1460. The van der Waals surface area contributed by atoms with E-state index in [1.54, 1.807) is 19.2 Å². The SMILES string of the molecule is CCCc1c(C(CC(=O)Nc2ccc(F)cc2)c2ccc(OCC(O)CN(CC)CCOC)cc2)[nH]c2ccc(Cl)cc12. The number of hydrogen-bond donors (Lipinski definition) is 3. The van der Waals surface area contributed by atoms with Gasteiger partial charge in [0.25, 0.3) is 0 Å². The van der Waals surface area contributed by atoms with Gasteiger partial charge in [0.1, 0.15) is 24.3 Å². The van der Waals surface area contributed by atoms with E-state index in [1.165, 1.54) is 12.1 Å². The fourth-order valence-electron chi connectivity index (χ4n) is 5.31. The van der Waals surface area contributed by atoms with Gasteiger partial charge in [0.15, 0.2) is 0 Å². The largest absolute Gasteiger partial charge is 0.491 e. The van der Waals surface area contributed by atoms with Crippen LogP contribution in [0.1, 0.15) is 49.4 Å². The number of ether oxygens (including phenoxy) is 2. The molecule has 1 aromatic heterocycles. The van der Waals surface area contributed by atoms with Crippen LogP contribution in [0, 0.1) is 5.82 Å². The maximum absolute atomic E-state index is 13.4. The Morgan fingerprint density at radius 2 is 1.84 bits per heavy atom. The van der Waals surface area contributed by atoms with Gasteiger partial charge in [-0.05, 0) is 78.7 Å². The van der Waals surface area contributed by atoms with Crippen LogP contribution < -0.4 is 10.1 Å². The molecule has 0 bridgehead atoms. The van der Waals surface area contributed by atoms with Gasteiger partial charge < -0.3 is 24.9 Å². The Morgan fingerprint density at radius 1 is 1.09 bits per heavy atom. The molecule has 230 valence electrons. The van der Waals surface area contributed by atoms with E-state index in [0.29, 0.717) is 29.6 Å². The zero-order valence-corrected chi connectivity index (χ0v) is 25.8. The van der Waals surface area contributed by atoms with Crippen molar-refractivity contribution in [2.45, 2.75) is 45.1 Å². The molecule has 3 N–H and O–H groups in total. The maximum Gasteiger partial charge on any atom is 0.225 e. The average molecular weight is 610 g/mol. The number of nitrogens with one attached hydrogen (secondary N) is 2. The minimum absolute atomic E-state index is 0.162. The van der Waals surface area contributed by atoms with E-state index in [-0.39, 0.29) is 30.7 Å². The first-order chi connectivity index (χ1) is 20.8. The number of aliphatic hydroxyl groups excluding tert-OH is 1. The van der Waals surface area contributed by atoms with E-state index < -0.39 is 6.10 Å². The second-order valence-electron chi connectivity index (χ2n) is 10.7. The van der Waals surface area contributed by atoms with Crippen molar-refractivity contribution >= 4 is 34.1 Å². The van der Waals surface area contributed by atoms with Gasteiger partial charge in [-0.15, -0.1) is 0 Å². The summed E-state index contributed by atoms with van der Waals surface area (Å²) in [7, 11) is 1.66. The lowest BCUT2D eigenvalue weighted by atomic mass is 9.88. The van der Waals surface area contributed by atoms with Gasteiger partial charge in [-0.25, -0.2) is 4.39 Å². The van der Waals surface area contributed by atoms with Crippen molar-refractivity contribution in [3.05, 3.63) is 94.4 Å². The molecule has 0 aliphatic rings. The van der Waals surface area contributed by atoms with Crippen molar-refractivity contribution in [2.75, 3.05) is 45.3 Å². The minimum atomic E-state index is -0.644. The van der Waals surface area contributed by atoms with Crippen LogP contribution in [-0.4, -0.2) is 67.0 Å². The van der Waals surface area contributed by atoms with Gasteiger partial charge in [-0.1, -0.05) is 44.0 Å². The van der Waals surface area contributed by atoms with E-state index in [0.717, 1.165) is 53.7 Å². The third kappa shape index (κ3) is 9.03. The van der Waals surface area contributed by atoms with Crippen molar-refractivity contribution in [3.63, 3.8) is 0 Å². The van der Waals surface area contributed by atoms with Crippen molar-refractivity contribution in [2.24, 2.45) is 0 Å². The summed E-state index contributed by atoms with van der Waals surface area (Å²) in [6, 6.07) is 19.2. The summed E-state index contributed by atoms with van der Waals surface area (Å²) in [5, 5.41) is 15.1. The third-order valence-electron chi connectivity index (χ3n) is 7.52. The molecule has 2 unspecified atom stereocenters. The summed E-state index contributed by atoms with van der Waals surface area (Å²) in [5.74, 6) is -0.199. The monoisotopic (exact) mass is 609 g/mol. The smallest absolute Gasteiger partial charge is 0.225 e. The summed E-state index contributed by atoms with van der Waals surface area (Å²) in [6.07, 6.45) is 1.28. The van der Waals surface area contributed by atoms with Crippen LogP contribution in [0.4, 0.5) is 10.1 Å². The number of anilines is 1. The molecule has 0 fully saturated rings. The first kappa shape index (κ1) is 32.5. The molecule has 0 saturated heterocycles. The molecule has 7 nitrogen and oxygen atoms in total. The third-order valence-corrected chi connectivity index (χ3v) is 7.75. The van der Waals surface area contributed by atoms with Crippen LogP contribution in [0.25, 0.3) is 10.9 Å². The summed E-state index contributed by atoms with van der Waals surface area (Å²) in [6.45, 7) is 6.99. The van der Waals surface area contributed by atoms with Crippen LogP contribution in [-0.2, 0) is 16.0 Å². The van der Waals surface area contributed by atoms with Crippen LogP contribution >= 0.6 is 11.6 Å². The molecule has 0 radical (unpaired) electrons. The van der Waals surface area contributed by atoms with Gasteiger partial charge in [0, 0.05) is 59.8 Å². The number of amides is 1. The Kier molecular flexibility index (Phi) is 12.0. The van der Waals surface area contributed by atoms with E-state index in [2.05, 4.69) is 22.1 Å². The Morgan fingerprint density at radius 3 is 2.51 bits per heavy atom. The highest BCUT2D eigenvalue weighted by Gasteiger charge is 2.25. The molecule has 0 aliphatic carbocycles. The molecular weight excluding hydrogens is 569 g/mol. The van der Waals surface area contributed by atoms with Crippen molar-refractivity contribution in [1.82, 2.24) is 9.88 Å². The van der Waals surface area contributed by atoms with E-state index >= 15 is 0 Å².